The van der Waals surface area contributed by atoms with E-state index in [0.29, 0.717) is 5.92 Å². The molecule has 1 aliphatic rings. The molecular formula is C14H28O2. The Bertz CT molecular complexity index is 143. The molecule has 0 aromatic carbocycles. The Hall–Kier alpha value is -0.0800. The standard InChI is InChI=1S/C14H28O2/c1-3-5-11-15-14(16-12-6-4-2)13-9-7-8-10-13/h13-14H,3-12H2,1-2H3. The third-order valence-electron chi connectivity index (χ3n) is 3.34. The first-order valence-electron chi connectivity index (χ1n) is 7.11. The Morgan fingerprint density at radius 3 is 1.88 bits per heavy atom. The second kappa shape index (κ2) is 9.00. The normalized spacial score (nSPS) is 17.4. The summed E-state index contributed by atoms with van der Waals surface area (Å²) in [6.07, 6.45) is 10.1. The van der Waals surface area contributed by atoms with Gasteiger partial charge in [-0.2, -0.15) is 0 Å². The van der Waals surface area contributed by atoms with Gasteiger partial charge in [-0.15, -0.1) is 0 Å². The molecule has 0 N–H and O–H groups in total. The largest absolute Gasteiger partial charge is 0.352 e. The molecule has 0 radical (unpaired) electrons. The maximum absolute atomic E-state index is 5.89. The number of hydrogen-bond donors (Lipinski definition) is 0. The fourth-order valence-corrected chi connectivity index (χ4v) is 2.24. The topological polar surface area (TPSA) is 18.5 Å². The van der Waals surface area contributed by atoms with Crippen molar-refractivity contribution in [3.05, 3.63) is 0 Å². The Kier molecular flexibility index (Phi) is 7.87. The zero-order chi connectivity index (χ0) is 11.6. The van der Waals surface area contributed by atoms with Crippen molar-refractivity contribution in [2.45, 2.75) is 71.5 Å². The molecule has 0 bridgehead atoms. The summed E-state index contributed by atoms with van der Waals surface area (Å²) in [4.78, 5) is 0. The van der Waals surface area contributed by atoms with Crippen molar-refractivity contribution in [3.8, 4) is 0 Å². The minimum Gasteiger partial charge on any atom is -0.352 e. The summed E-state index contributed by atoms with van der Waals surface area (Å²) in [7, 11) is 0. The summed E-state index contributed by atoms with van der Waals surface area (Å²) in [6.45, 7) is 6.13. The number of unbranched alkanes of at least 4 members (excludes halogenated alkanes) is 2. The Morgan fingerprint density at radius 1 is 0.938 bits per heavy atom. The van der Waals surface area contributed by atoms with E-state index in [1.54, 1.807) is 0 Å². The van der Waals surface area contributed by atoms with Gasteiger partial charge in [-0.25, -0.2) is 0 Å². The van der Waals surface area contributed by atoms with E-state index < -0.39 is 0 Å². The molecule has 0 spiro atoms. The molecule has 1 aliphatic carbocycles. The molecule has 1 saturated carbocycles. The summed E-state index contributed by atoms with van der Waals surface area (Å²) in [5, 5.41) is 0. The third-order valence-corrected chi connectivity index (χ3v) is 3.34. The van der Waals surface area contributed by atoms with E-state index in [4.69, 9.17) is 9.47 Å². The van der Waals surface area contributed by atoms with Crippen LogP contribution in [0.2, 0.25) is 0 Å². The zero-order valence-electron chi connectivity index (χ0n) is 11.0. The average molecular weight is 228 g/mol. The third kappa shape index (κ3) is 5.31. The highest BCUT2D eigenvalue weighted by molar-refractivity contribution is 4.70. The van der Waals surface area contributed by atoms with Gasteiger partial charge in [0.25, 0.3) is 0 Å². The van der Waals surface area contributed by atoms with E-state index in [2.05, 4.69) is 13.8 Å². The Labute approximate surface area is 101 Å². The van der Waals surface area contributed by atoms with Crippen molar-refractivity contribution >= 4 is 0 Å². The quantitative estimate of drug-likeness (QED) is 0.436. The first-order valence-corrected chi connectivity index (χ1v) is 7.11. The molecule has 0 aromatic rings. The van der Waals surface area contributed by atoms with Crippen LogP contribution < -0.4 is 0 Å². The molecule has 16 heavy (non-hydrogen) atoms. The van der Waals surface area contributed by atoms with Crippen molar-refractivity contribution in [1.29, 1.82) is 0 Å². The lowest BCUT2D eigenvalue weighted by molar-refractivity contribution is -0.172. The van der Waals surface area contributed by atoms with Gasteiger partial charge < -0.3 is 9.47 Å². The van der Waals surface area contributed by atoms with Crippen LogP contribution in [0.5, 0.6) is 0 Å². The summed E-state index contributed by atoms with van der Waals surface area (Å²) < 4.78 is 11.8. The molecule has 0 heterocycles. The van der Waals surface area contributed by atoms with E-state index in [-0.39, 0.29) is 6.29 Å². The van der Waals surface area contributed by atoms with Crippen LogP contribution >= 0.6 is 0 Å². The minimum absolute atomic E-state index is 0.0839. The van der Waals surface area contributed by atoms with E-state index in [1.807, 2.05) is 0 Å². The van der Waals surface area contributed by atoms with Gasteiger partial charge >= 0.3 is 0 Å². The fourth-order valence-electron chi connectivity index (χ4n) is 2.24. The fraction of sp³-hybridized carbons (Fsp3) is 1.00. The lowest BCUT2D eigenvalue weighted by Crippen LogP contribution is -2.26. The molecule has 0 aliphatic heterocycles. The summed E-state index contributed by atoms with van der Waals surface area (Å²) in [5.74, 6) is 0.661. The minimum atomic E-state index is 0.0839. The molecular weight excluding hydrogens is 200 g/mol. The summed E-state index contributed by atoms with van der Waals surface area (Å²) in [5.41, 5.74) is 0. The molecule has 0 aromatic heterocycles. The van der Waals surface area contributed by atoms with Crippen LogP contribution in [0.3, 0.4) is 0 Å². The molecule has 0 atom stereocenters. The van der Waals surface area contributed by atoms with E-state index in [0.717, 1.165) is 26.1 Å². The van der Waals surface area contributed by atoms with E-state index >= 15 is 0 Å². The van der Waals surface area contributed by atoms with Gasteiger partial charge in [0.1, 0.15) is 0 Å². The van der Waals surface area contributed by atoms with Crippen LogP contribution in [0, 0.1) is 5.92 Å². The van der Waals surface area contributed by atoms with Crippen LogP contribution in [0.25, 0.3) is 0 Å². The zero-order valence-corrected chi connectivity index (χ0v) is 11.0. The van der Waals surface area contributed by atoms with Crippen molar-refractivity contribution in [1.82, 2.24) is 0 Å². The first kappa shape index (κ1) is 14.0. The second-order valence-corrected chi connectivity index (χ2v) is 4.86. The number of hydrogen-bond acceptors (Lipinski definition) is 2. The van der Waals surface area contributed by atoms with Crippen molar-refractivity contribution in [2.75, 3.05) is 13.2 Å². The van der Waals surface area contributed by atoms with Crippen LogP contribution in [0.15, 0.2) is 0 Å². The van der Waals surface area contributed by atoms with Gasteiger partial charge in [0.05, 0.1) is 0 Å². The van der Waals surface area contributed by atoms with Gasteiger partial charge in [0, 0.05) is 19.1 Å². The maximum Gasteiger partial charge on any atom is 0.160 e. The molecule has 0 unspecified atom stereocenters. The first-order chi connectivity index (χ1) is 7.88. The van der Waals surface area contributed by atoms with Gasteiger partial charge in [0.2, 0.25) is 0 Å². The van der Waals surface area contributed by atoms with Gasteiger partial charge in [-0.3, -0.25) is 0 Å². The Balaban J connectivity index is 2.22. The monoisotopic (exact) mass is 228 g/mol. The van der Waals surface area contributed by atoms with Gasteiger partial charge in [-0.05, 0) is 25.7 Å². The molecule has 0 saturated heterocycles. The van der Waals surface area contributed by atoms with E-state index in [9.17, 15) is 0 Å². The molecule has 0 amide bonds. The van der Waals surface area contributed by atoms with Crippen molar-refractivity contribution in [3.63, 3.8) is 0 Å². The number of ether oxygens (including phenoxy) is 2. The molecule has 1 rings (SSSR count). The van der Waals surface area contributed by atoms with Gasteiger partial charge in [-0.1, -0.05) is 39.5 Å². The van der Waals surface area contributed by atoms with Crippen molar-refractivity contribution in [2.24, 2.45) is 5.92 Å². The average Bonchev–Trinajstić information content (AvgIpc) is 2.81. The molecule has 96 valence electrons. The number of rotatable bonds is 9. The SMILES string of the molecule is CCCCOC(OCCCC)C1CCCC1. The highest BCUT2D eigenvalue weighted by Crippen LogP contribution is 2.30. The summed E-state index contributed by atoms with van der Waals surface area (Å²) in [6, 6.07) is 0. The lowest BCUT2D eigenvalue weighted by Gasteiger charge is -2.24. The van der Waals surface area contributed by atoms with Crippen LogP contribution in [-0.4, -0.2) is 19.5 Å². The second-order valence-electron chi connectivity index (χ2n) is 4.86. The molecule has 2 heteroatoms. The molecule has 1 fully saturated rings. The van der Waals surface area contributed by atoms with Gasteiger partial charge in [0.15, 0.2) is 6.29 Å². The highest BCUT2D eigenvalue weighted by atomic mass is 16.7. The molecule has 2 nitrogen and oxygen atoms in total. The smallest absolute Gasteiger partial charge is 0.160 e. The van der Waals surface area contributed by atoms with E-state index in [1.165, 1.54) is 38.5 Å². The predicted molar refractivity (Wildman–Crippen MR) is 67.5 cm³/mol. The Morgan fingerprint density at radius 2 is 1.44 bits per heavy atom. The summed E-state index contributed by atoms with van der Waals surface area (Å²) >= 11 is 0. The lowest BCUT2D eigenvalue weighted by atomic mass is 10.1. The van der Waals surface area contributed by atoms with Crippen molar-refractivity contribution < 1.29 is 9.47 Å². The van der Waals surface area contributed by atoms with Crippen LogP contribution in [0.1, 0.15) is 65.2 Å². The maximum atomic E-state index is 5.89. The predicted octanol–water partition coefficient (Wildman–Crippen LogP) is 4.14. The highest BCUT2D eigenvalue weighted by Gasteiger charge is 2.25. The van der Waals surface area contributed by atoms with Crippen LogP contribution in [-0.2, 0) is 9.47 Å². The van der Waals surface area contributed by atoms with Crippen LogP contribution in [0.4, 0.5) is 0 Å².